The Hall–Kier alpha value is -2.41. The average molecular weight is 372 g/mol. The minimum absolute atomic E-state index is 0.0741. The van der Waals surface area contributed by atoms with Crippen molar-refractivity contribution in [3.05, 3.63) is 46.4 Å². The lowest BCUT2D eigenvalue weighted by Gasteiger charge is -2.32. The summed E-state index contributed by atoms with van der Waals surface area (Å²) in [6.45, 7) is 3.27. The zero-order valence-corrected chi connectivity index (χ0v) is 15.7. The second-order valence-electron chi connectivity index (χ2n) is 6.49. The average Bonchev–Trinajstić information content (AvgIpc) is 3.06. The summed E-state index contributed by atoms with van der Waals surface area (Å²) in [5, 5.41) is 6.00. The molecule has 0 radical (unpaired) electrons. The van der Waals surface area contributed by atoms with Gasteiger partial charge < -0.3 is 15.5 Å². The van der Waals surface area contributed by atoms with Crippen LogP contribution in [0.5, 0.6) is 0 Å². The fourth-order valence-corrected chi connectivity index (χ4v) is 3.83. The molecule has 7 heteroatoms. The first-order valence-electron chi connectivity index (χ1n) is 8.91. The van der Waals surface area contributed by atoms with Gasteiger partial charge in [0.25, 0.3) is 0 Å². The topological polar surface area (TPSA) is 74.3 Å². The molecule has 0 aliphatic carbocycles. The van der Waals surface area contributed by atoms with Crippen LogP contribution < -0.4 is 10.6 Å². The van der Waals surface area contributed by atoms with Gasteiger partial charge in [-0.25, -0.2) is 9.78 Å². The van der Waals surface area contributed by atoms with Crippen molar-refractivity contribution in [2.45, 2.75) is 38.6 Å². The second-order valence-corrected chi connectivity index (χ2v) is 7.43. The maximum absolute atomic E-state index is 12.3. The number of hydrogen-bond donors (Lipinski definition) is 2. The number of thiazole rings is 1. The van der Waals surface area contributed by atoms with Crippen molar-refractivity contribution < 1.29 is 9.59 Å². The van der Waals surface area contributed by atoms with Crippen molar-refractivity contribution in [2.24, 2.45) is 0 Å². The van der Waals surface area contributed by atoms with Crippen LogP contribution in [0.25, 0.3) is 0 Å². The summed E-state index contributed by atoms with van der Waals surface area (Å²) in [7, 11) is 0. The molecular weight excluding hydrogens is 348 g/mol. The van der Waals surface area contributed by atoms with Crippen molar-refractivity contribution >= 4 is 29.0 Å². The molecule has 1 fully saturated rings. The van der Waals surface area contributed by atoms with Crippen LogP contribution >= 0.6 is 11.3 Å². The molecule has 2 N–H and O–H groups in total. The number of para-hydroxylation sites is 1. The van der Waals surface area contributed by atoms with Crippen LogP contribution in [0, 0.1) is 6.92 Å². The molecule has 2 heterocycles. The smallest absolute Gasteiger partial charge is 0.321 e. The highest BCUT2D eigenvalue weighted by molar-refractivity contribution is 7.09. The molecule has 0 bridgehead atoms. The highest BCUT2D eigenvalue weighted by Crippen LogP contribution is 2.16. The molecule has 0 atom stereocenters. The van der Waals surface area contributed by atoms with Gasteiger partial charge in [0.15, 0.2) is 0 Å². The van der Waals surface area contributed by atoms with Gasteiger partial charge in [-0.05, 0) is 38.3 Å². The standard InChI is InChI=1S/C19H24N4O2S/c1-14-17(26-13-20-14)7-8-18(24)21-16-9-11-23(12-10-16)19(25)22-15-5-3-2-4-6-15/h2-6,13,16H,7-12H2,1H3,(H,21,24)(H,22,25). The Morgan fingerprint density at radius 1 is 1.23 bits per heavy atom. The highest BCUT2D eigenvalue weighted by atomic mass is 32.1. The lowest BCUT2D eigenvalue weighted by atomic mass is 10.0. The SMILES string of the molecule is Cc1ncsc1CCC(=O)NC1CCN(C(=O)Nc2ccccc2)CC1. The molecule has 1 aromatic carbocycles. The second kappa shape index (κ2) is 8.80. The van der Waals surface area contributed by atoms with E-state index in [0.717, 1.165) is 30.6 Å². The molecule has 1 aliphatic rings. The Labute approximate surface area is 157 Å². The van der Waals surface area contributed by atoms with E-state index in [9.17, 15) is 9.59 Å². The van der Waals surface area contributed by atoms with E-state index in [1.54, 1.807) is 16.2 Å². The van der Waals surface area contributed by atoms with Crippen molar-refractivity contribution in [1.29, 1.82) is 0 Å². The van der Waals surface area contributed by atoms with Crippen molar-refractivity contribution in [3.8, 4) is 0 Å². The summed E-state index contributed by atoms with van der Waals surface area (Å²) < 4.78 is 0. The zero-order valence-electron chi connectivity index (χ0n) is 14.9. The molecular formula is C19H24N4O2S. The van der Waals surface area contributed by atoms with E-state index in [1.807, 2.05) is 42.8 Å². The van der Waals surface area contributed by atoms with Crippen LogP contribution in [-0.2, 0) is 11.2 Å². The van der Waals surface area contributed by atoms with Gasteiger partial charge >= 0.3 is 6.03 Å². The van der Waals surface area contributed by atoms with Gasteiger partial charge in [-0.15, -0.1) is 11.3 Å². The van der Waals surface area contributed by atoms with Gasteiger partial charge in [-0.2, -0.15) is 0 Å². The molecule has 2 aromatic rings. The Kier molecular flexibility index (Phi) is 6.22. The summed E-state index contributed by atoms with van der Waals surface area (Å²) >= 11 is 1.60. The lowest BCUT2D eigenvalue weighted by Crippen LogP contribution is -2.47. The number of nitrogens with zero attached hydrogens (tertiary/aromatic N) is 2. The lowest BCUT2D eigenvalue weighted by molar-refractivity contribution is -0.122. The van der Waals surface area contributed by atoms with Crippen LogP contribution in [0.3, 0.4) is 0 Å². The summed E-state index contributed by atoms with van der Waals surface area (Å²) in [4.78, 5) is 31.6. The Morgan fingerprint density at radius 2 is 1.96 bits per heavy atom. The monoisotopic (exact) mass is 372 g/mol. The third-order valence-corrected chi connectivity index (χ3v) is 5.59. The number of amides is 3. The molecule has 0 spiro atoms. The van der Waals surface area contributed by atoms with Gasteiger partial charge in [0, 0.05) is 36.1 Å². The third kappa shape index (κ3) is 5.05. The number of anilines is 1. The van der Waals surface area contributed by atoms with Crippen molar-refractivity contribution in [2.75, 3.05) is 18.4 Å². The van der Waals surface area contributed by atoms with Gasteiger partial charge in [-0.1, -0.05) is 18.2 Å². The molecule has 1 aromatic heterocycles. The number of likely N-dealkylation sites (tertiary alicyclic amines) is 1. The first-order valence-corrected chi connectivity index (χ1v) is 9.79. The minimum Gasteiger partial charge on any atom is -0.353 e. The van der Waals surface area contributed by atoms with E-state index < -0.39 is 0 Å². The van der Waals surface area contributed by atoms with Crippen molar-refractivity contribution in [3.63, 3.8) is 0 Å². The molecule has 3 amide bonds. The molecule has 1 aliphatic heterocycles. The van der Waals surface area contributed by atoms with E-state index >= 15 is 0 Å². The first kappa shape index (κ1) is 18.4. The summed E-state index contributed by atoms with van der Waals surface area (Å²) in [6.07, 6.45) is 2.79. The molecule has 0 unspecified atom stereocenters. The first-order chi connectivity index (χ1) is 12.6. The minimum atomic E-state index is -0.0818. The maximum Gasteiger partial charge on any atom is 0.321 e. The highest BCUT2D eigenvalue weighted by Gasteiger charge is 2.23. The molecule has 3 rings (SSSR count). The van der Waals surface area contributed by atoms with Crippen LogP contribution in [0.4, 0.5) is 10.5 Å². The summed E-state index contributed by atoms with van der Waals surface area (Å²) in [5.74, 6) is 0.0741. The molecule has 26 heavy (non-hydrogen) atoms. The number of nitrogens with one attached hydrogen (secondary N) is 2. The predicted molar refractivity (Wildman–Crippen MR) is 103 cm³/mol. The summed E-state index contributed by atoms with van der Waals surface area (Å²) in [6, 6.07) is 9.51. The normalized spacial score (nSPS) is 14.9. The van der Waals surface area contributed by atoms with Gasteiger partial charge in [0.2, 0.25) is 5.91 Å². The molecule has 1 saturated heterocycles. The zero-order chi connectivity index (χ0) is 18.4. The molecule has 6 nitrogen and oxygen atoms in total. The number of benzene rings is 1. The largest absolute Gasteiger partial charge is 0.353 e. The number of aromatic nitrogens is 1. The molecule has 0 saturated carbocycles. The molecule has 138 valence electrons. The van der Waals surface area contributed by atoms with E-state index in [-0.39, 0.29) is 18.0 Å². The Balaban J connectivity index is 1.38. The third-order valence-electron chi connectivity index (χ3n) is 4.60. The number of hydrogen-bond acceptors (Lipinski definition) is 4. The number of carbonyl (C=O) groups excluding carboxylic acids is 2. The fourth-order valence-electron chi connectivity index (χ4n) is 3.04. The van der Waals surface area contributed by atoms with Crippen LogP contribution in [0.2, 0.25) is 0 Å². The van der Waals surface area contributed by atoms with Crippen LogP contribution in [0.15, 0.2) is 35.8 Å². The van der Waals surface area contributed by atoms with Crippen molar-refractivity contribution in [1.82, 2.24) is 15.2 Å². The van der Waals surface area contributed by atoms with Crippen LogP contribution in [-0.4, -0.2) is 41.0 Å². The van der Waals surface area contributed by atoms with E-state index in [4.69, 9.17) is 0 Å². The van der Waals surface area contributed by atoms with E-state index in [0.29, 0.717) is 19.5 Å². The number of piperidine rings is 1. The number of carbonyl (C=O) groups is 2. The fraction of sp³-hybridized carbons (Fsp3) is 0.421. The Morgan fingerprint density at radius 3 is 2.62 bits per heavy atom. The van der Waals surface area contributed by atoms with Gasteiger partial charge in [0.05, 0.1) is 11.2 Å². The van der Waals surface area contributed by atoms with Gasteiger partial charge in [-0.3, -0.25) is 4.79 Å². The summed E-state index contributed by atoms with van der Waals surface area (Å²) in [5.41, 5.74) is 3.63. The number of rotatable bonds is 5. The number of urea groups is 1. The van der Waals surface area contributed by atoms with E-state index in [1.165, 1.54) is 4.88 Å². The van der Waals surface area contributed by atoms with E-state index in [2.05, 4.69) is 15.6 Å². The Bertz CT molecular complexity index is 739. The predicted octanol–water partition coefficient (Wildman–Crippen LogP) is 3.20. The van der Waals surface area contributed by atoms with Gasteiger partial charge in [0.1, 0.15) is 0 Å². The number of aryl methyl sites for hydroxylation is 2. The van der Waals surface area contributed by atoms with Crippen LogP contribution in [0.1, 0.15) is 29.8 Å². The quantitative estimate of drug-likeness (QED) is 0.846. The maximum atomic E-state index is 12.3.